The molecule has 0 radical (unpaired) electrons. The lowest BCUT2D eigenvalue weighted by atomic mass is 9.91. The van der Waals surface area contributed by atoms with E-state index in [2.05, 4.69) is 25.8 Å². The Kier molecular flexibility index (Phi) is 5.30. The molecule has 2 aromatic rings. The number of carbonyl (C=O) groups excluding carboxylic acids is 1. The highest BCUT2D eigenvalue weighted by molar-refractivity contribution is 5.85. The molecular weight excluding hydrogens is 322 g/mol. The van der Waals surface area contributed by atoms with Crippen molar-refractivity contribution in [3.05, 3.63) is 30.1 Å². The second-order valence-electron chi connectivity index (χ2n) is 5.97. The topological polar surface area (TPSA) is 101 Å². The number of piperidine rings is 1. The van der Waals surface area contributed by atoms with E-state index in [-0.39, 0.29) is 12.5 Å². The van der Waals surface area contributed by atoms with Gasteiger partial charge in [0.05, 0.1) is 13.7 Å². The molecule has 0 spiro atoms. The highest BCUT2D eigenvalue weighted by Gasteiger charge is 2.39. The lowest BCUT2D eigenvalue weighted by Gasteiger charge is -2.34. The van der Waals surface area contributed by atoms with Crippen LogP contribution in [-0.4, -0.2) is 54.0 Å². The number of hydrogen-bond donors (Lipinski definition) is 3. The van der Waals surface area contributed by atoms with Crippen LogP contribution in [0.25, 0.3) is 11.4 Å². The number of aromatic nitrogens is 3. The van der Waals surface area contributed by atoms with Crippen molar-refractivity contribution < 1.29 is 14.3 Å². The molecule has 8 heteroatoms. The van der Waals surface area contributed by atoms with Gasteiger partial charge in [-0.25, -0.2) is 4.98 Å². The maximum absolute atomic E-state index is 12.5. The van der Waals surface area contributed by atoms with Crippen LogP contribution in [0.1, 0.15) is 18.7 Å². The third-order valence-corrected chi connectivity index (χ3v) is 4.51. The Bertz CT molecular complexity index is 707. The standard InChI is InChI=1S/C17H23N5O3/c1-24-13-5-3-12(4-6-13)15-20-14(21-22-15)11-19-16(23)17(25-2)7-9-18-10-8-17/h3-6,18H,7-11H2,1-2H3,(H,19,23)(H,20,21,22). The van der Waals surface area contributed by atoms with Gasteiger partial charge in [0.1, 0.15) is 17.2 Å². The summed E-state index contributed by atoms with van der Waals surface area (Å²) in [7, 11) is 3.21. The van der Waals surface area contributed by atoms with Crippen molar-refractivity contribution in [2.75, 3.05) is 27.3 Å². The van der Waals surface area contributed by atoms with Crippen LogP contribution >= 0.6 is 0 Å². The Morgan fingerprint density at radius 2 is 1.96 bits per heavy atom. The van der Waals surface area contributed by atoms with E-state index >= 15 is 0 Å². The van der Waals surface area contributed by atoms with Crippen LogP contribution in [0.2, 0.25) is 0 Å². The molecule has 3 rings (SSSR count). The number of benzene rings is 1. The van der Waals surface area contributed by atoms with Crippen LogP contribution in [0.5, 0.6) is 5.75 Å². The monoisotopic (exact) mass is 345 g/mol. The molecule has 0 aliphatic carbocycles. The number of rotatable bonds is 6. The van der Waals surface area contributed by atoms with Gasteiger partial charge in [-0.3, -0.25) is 9.89 Å². The zero-order valence-corrected chi connectivity index (χ0v) is 14.5. The molecule has 2 heterocycles. The summed E-state index contributed by atoms with van der Waals surface area (Å²) >= 11 is 0. The molecule has 1 aliphatic rings. The van der Waals surface area contributed by atoms with Gasteiger partial charge in [0.25, 0.3) is 5.91 Å². The van der Waals surface area contributed by atoms with Crippen LogP contribution in [0.4, 0.5) is 0 Å². The average molecular weight is 345 g/mol. The quantitative estimate of drug-likeness (QED) is 0.718. The second kappa shape index (κ2) is 7.62. The van der Waals surface area contributed by atoms with Crippen molar-refractivity contribution in [1.29, 1.82) is 0 Å². The van der Waals surface area contributed by atoms with Gasteiger partial charge in [0.15, 0.2) is 5.82 Å². The molecule has 1 aromatic heterocycles. The fourth-order valence-corrected chi connectivity index (χ4v) is 2.92. The van der Waals surface area contributed by atoms with Gasteiger partial charge < -0.3 is 20.1 Å². The molecule has 1 aromatic carbocycles. The third kappa shape index (κ3) is 3.80. The van der Waals surface area contributed by atoms with E-state index in [1.54, 1.807) is 14.2 Å². The highest BCUT2D eigenvalue weighted by atomic mass is 16.5. The maximum Gasteiger partial charge on any atom is 0.252 e. The molecule has 3 N–H and O–H groups in total. The summed E-state index contributed by atoms with van der Waals surface area (Å²) < 4.78 is 10.7. The van der Waals surface area contributed by atoms with Gasteiger partial charge in [-0.15, -0.1) is 0 Å². The lowest BCUT2D eigenvalue weighted by Crippen LogP contribution is -2.54. The Labute approximate surface area is 146 Å². The average Bonchev–Trinajstić information content (AvgIpc) is 3.15. The first kappa shape index (κ1) is 17.4. The number of nitrogens with one attached hydrogen (secondary N) is 3. The zero-order valence-electron chi connectivity index (χ0n) is 14.5. The van der Waals surface area contributed by atoms with Gasteiger partial charge in [0.2, 0.25) is 0 Å². The molecule has 1 amide bonds. The zero-order chi connectivity index (χ0) is 17.7. The van der Waals surface area contributed by atoms with Crippen LogP contribution in [-0.2, 0) is 16.1 Å². The van der Waals surface area contributed by atoms with Crippen molar-refractivity contribution in [3.63, 3.8) is 0 Å². The molecule has 0 atom stereocenters. The highest BCUT2D eigenvalue weighted by Crippen LogP contribution is 2.23. The van der Waals surface area contributed by atoms with E-state index in [1.807, 2.05) is 24.3 Å². The molecule has 25 heavy (non-hydrogen) atoms. The first-order valence-corrected chi connectivity index (χ1v) is 8.27. The molecule has 0 unspecified atom stereocenters. The number of nitrogens with zero attached hydrogens (tertiary/aromatic N) is 2. The predicted molar refractivity (Wildman–Crippen MR) is 92.1 cm³/mol. The number of hydrogen-bond acceptors (Lipinski definition) is 6. The minimum atomic E-state index is -0.760. The summed E-state index contributed by atoms with van der Waals surface area (Å²) in [6.07, 6.45) is 1.31. The molecule has 1 aliphatic heterocycles. The van der Waals surface area contributed by atoms with Gasteiger partial charge in [-0.2, -0.15) is 5.10 Å². The summed E-state index contributed by atoms with van der Waals surface area (Å²) in [6, 6.07) is 7.48. The number of carbonyl (C=O) groups is 1. The minimum absolute atomic E-state index is 0.112. The van der Waals surface area contributed by atoms with Gasteiger partial charge in [-0.05, 0) is 50.2 Å². The van der Waals surface area contributed by atoms with Gasteiger partial charge in [-0.1, -0.05) is 0 Å². The number of H-pyrrole nitrogens is 1. The van der Waals surface area contributed by atoms with E-state index in [9.17, 15) is 4.79 Å². The van der Waals surface area contributed by atoms with E-state index in [4.69, 9.17) is 9.47 Å². The first-order valence-electron chi connectivity index (χ1n) is 8.27. The van der Waals surface area contributed by atoms with Crippen molar-refractivity contribution in [2.24, 2.45) is 0 Å². The Morgan fingerprint density at radius 3 is 2.60 bits per heavy atom. The summed E-state index contributed by atoms with van der Waals surface area (Å²) in [5.74, 6) is 1.84. The van der Waals surface area contributed by atoms with E-state index in [1.165, 1.54) is 0 Å². The largest absolute Gasteiger partial charge is 0.497 e. The van der Waals surface area contributed by atoms with Crippen molar-refractivity contribution in [2.45, 2.75) is 25.0 Å². The number of aromatic amines is 1. The van der Waals surface area contributed by atoms with Crippen molar-refractivity contribution in [1.82, 2.24) is 25.8 Å². The van der Waals surface area contributed by atoms with Gasteiger partial charge in [0, 0.05) is 12.7 Å². The molecule has 0 saturated carbocycles. The van der Waals surface area contributed by atoms with Crippen molar-refractivity contribution in [3.8, 4) is 17.1 Å². The normalized spacial score (nSPS) is 16.4. The van der Waals surface area contributed by atoms with E-state index < -0.39 is 5.60 Å². The summed E-state index contributed by atoms with van der Waals surface area (Å²) in [5, 5.41) is 13.2. The molecule has 134 valence electrons. The predicted octanol–water partition coefficient (Wildman–Crippen LogP) is 0.865. The number of ether oxygens (including phenoxy) is 2. The van der Waals surface area contributed by atoms with Crippen LogP contribution < -0.4 is 15.4 Å². The second-order valence-corrected chi connectivity index (χ2v) is 5.97. The molecule has 1 saturated heterocycles. The minimum Gasteiger partial charge on any atom is -0.497 e. The van der Waals surface area contributed by atoms with Crippen LogP contribution in [0.3, 0.4) is 0 Å². The first-order chi connectivity index (χ1) is 12.2. The summed E-state index contributed by atoms with van der Waals surface area (Å²) in [6.45, 7) is 1.82. The summed E-state index contributed by atoms with van der Waals surface area (Å²) in [4.78, 5) is 17.0. The molecular formula is C17H23N5O3. The number of methoxy groups -OCH3 is 2. The fourth-order valence-electron chi connectivity index (χ4n) is 2.92. The Hall–Kier alpha value is -2.45. The number of amides is 1. The Morgan fingerprint density at radius 1 is 1.24 bits per heavy atom. The van der Waals surface area contributed by atoms with Crippen LogP contribution in [0, 0.1) is 0 Å². The Balaban J connectivity index is 1.62. The smallest absolute Gasteiger partial charge is 0.252 e. The van der Waals surface area contributed by atoms with E-state index in [0.29, 0.717) is 24.5 Å². The molecule has 1 fully saturated rings. The SMILES string of the molecule is COc1ccc(-c2n[nH]c(CNC(=O)C3(OC)CCNCC3)n2)cc1. The molecule has 8 nitrogen and oxygen atoms in total. The van der Waals surface area contributed by atoms with Gasteiger partial charge >= 0.3 is 0 Å². The third-order valence-electron chi connectivity index (χ3n) is 4.51. The van der Waals surface area contributed by atoms with E-state index in [0.717, 1.165) is 24.4 Å². The van der Waals surface area contributed by atoms with Crippen molar-refractivity contribution >= 4 is 5.91 Å². The summed E-state index contributed by atoms with van der Waals surface area (Å²) in [5.41, 5.74) is 0.116. The maximum atomic E-state index is 12.5. The fraction of sp³-hybridized carbons (Fsp3) is 0.471. The molecule has 0 bridgehead atoms. The lowest BCUT2D eigenvalue weighted by molar-refractivity contribution is -0.146. The van der Waals surface area contributed by atoms with Crippen LogP contribution in [0.15, 0.2) is 24.3 Å².